The first-order valence-corrected chi connectivity index (χ1v) is 9.09. The third kappa shape index (κ3) is 7.87. The molecular weight excluding hydrogens is 338 g/mol. The van der Waals surface area contributed by atoms with Crippen LogP contribution in [0.15, 0.2) is 54.6 Å². The number of carbonyl (C=O) groups excluding carboxylic acids is 1. The van der Waals surface area contributed by atoms with Gasteiger partial charge in [0.1, 0.15) is 6.61 Å². The average molecular weight is 359 g/mol. The van der Waals surface area contributed by atoms with Crippen molar-refractivity contribution in [2.45, 2.75) is 12.2 Å². The number of carboxylic acid groups (broad SMARTS) is 1. The van der Waals surface area contributed by atoms with Crippen molar-refractivity contribution in [2.24, 2.45) is 0 Å². The number of thioether (sulfide) groups is 1. The molecule has 2 aromatic carbocycles. The first kappa shape index (κ1) is 19.0. The molecule has 1 amide bonds. The van der Waals surface area contributed by atoms with E-state index in [-0.39, 0.29) is 18.3 Å². The fraction of sp³-hybridized carbons (Fsp3) is 0.263. The molecule has 0 fully saturated rings. The number of benzene rings is 2. The number of nitrogens with one attached hydrogen (secondary N) is 1. The molecule has 132 valence electrons. The molecule has 0 aliphatic carbocycles. The predicted molar refractivity (Wildman–Crippen MR) is 99.8 cm³/mol. The Morgan fingerprint density at radius 1 is 1.04 bits per heavy atom. The van der Waals surface area contributed by atoms with Gasteiger partial charge in [0, 0.05) is 11.4 Å². The number of anilines is 1. The monoisotopic (exact) mass is 359 g/mol. The van der Waals surface area contributed by atoms with Crippen LogP contribution in [0, 0.1) is 0 Å². The number of carbonyl (C=O) groups is 2. The maximum atomic E-state index is 11.9. The molecule has 0 saturated heterocycles. The highest BCUT2D eigenvalue weighted by atomic mass is 32.2. The molecule has 5 nitrogen and oxygen atoms in total. The summed E-state index contributed by atoms with van der Waals surface area (Å²) in [7, 11) is 0. The summed E-state index contributed by atoms with van der Waals surface area (Å²) < 4.78 is 5.41. The highest BCUT2D eigenvalue weighted by Crippen LogP contribution is 2.16. The summed E-state index contributed by atoms with van der Waals surface area (Å²) in [5, 5.41) is 11.4. The number of hydrogen-bond donors (Lipinski definition) is 2. The van der Waals surface area contributed by atoms with E-state index in [0.29, 0.717) is 18.0 Å². The van der Waals surface area contributed by atoms with Crippen molar-refractivity contribution in [1.29, 1.82) is 0 Å². The molecule has 0 aliphatic rings. The van der Waals surface area contributed by atoms with E-state index in [0.717, 1.165) is 12.0 Å². The normalized spacial score (nSPS) is 10.4. The van der Waals surface area contributed by atoms with E-state index in [4.69, 9.17) is 9.84 Å². The lowest BCUT2D eigenvalue weighted by Crippen LogP contribution is -2.19. The van der Waals surface area contributed by atoms with Crippen LogP contribution in [-0.2, 0) is 26.5 Å². The Kier molecular flexibility index (Phi) is 8.01. The molecule has 0 bridgehead atoms. The van der Waals surface area contributed by atoms with E-state index in [1.165, 1.54) is 17.3 Å². The van der Waals surface area contributed by atoms with Gasteiger partial charge in [-0.1, -0.05) is 42.5 Å². The summed E-state index contributed by atoms with van der Waals surface area (Å²) in [6, 6.07) is 17.3. The Balaban J connectivity index is 1.70. The molecule has 6 heteroatoms. The quantitative estimate of drug-likeness (QED) is 0.637. The van der Waals surface area contributed by atoms with Crippen LogP contribution >= 0.6 is 11.8 Å². The lowest BCUT2D eigenvalue weighted by atomic mass is 10.2. The summed E-state index contributed by atoms with van der Waals surface area (Å²) in [6.45, 7) is 0.494. The minimum atomic E-state index is -0.831. The van der Waals surface area contributed by atoms with E-state index in [1.807, 2.05) is 48.5 Å². The lowest BCUT2D eigenvalue weighted by molar-refractivity contribution is -0.133. The number of rotatable bonds is 10. The molecule has 2 rings (SSSR count). The Morgan fingerprint density at radius 2 is 1.80 bits per heavy atom. The minimum absolute atomic E-state index is 0.00479. The molecule has 25 heavy (non-hydrogen) atoms. The van der Waals surface area contributed by atoms with Gasteiger partial charge in [-0.15, -0.1) is 11.8 Å². The van der Waals surface area contributed by atoms with Crippen LogP contribution in [0.25, 0.3) is 0 Å². The molecule has 0 atom stereocenters. The number of ether oxygens (including phenoxy) is 1. The second-order valence-electron chi connectivity index (χ2n) is 5.42. The Labute approximate surface area is 151 Å². The smallest absolute Gasteiger partial charge is 0.313 e. The SMILES string of the molecule is O=C(O)CSCc1cccc(NC(=O)COCCc2ccccc2)c1. The summed E-state index contributed by atoms with van der Waals surface area (Å²) in [5.41, 5.74) is 2.83. The van der Waals surface area contributed by atoms with E-state index in [2.05, 4.69) is 5.32 Å². The topological polar surface area (TPSA) is 75.6 Å². The van der Waals surface area contributed by atoms with Gasteiger partial charge in [0.05, 0.1) is 12.4 Å². The summed E-state index contributed by atoms with van der Waals surface area (Å²) in [6.07, 6.45) is 0.768. The summed E-state index contributed by atoms with van der Waals surface area (Å²) in [4.78, 5) is 22.4. The highest BCUT2D eigenvalue weighted by Gasteiger charge is 2.04. The molecule has 2 aromatic rings. The second-order valence-corrected chi connectivity index (χ2v) is 6.41. The van der Waals surface area contributed by atoms with Gasteiger partial charge >= 0.3 is 5.97 Å². The second kappa shape index (κ2) is 10.5. The van der Waals surface area contributed by atoms with Gasteiger partial charge in [-0.2, -0.15) is 0 Å². The zero-order valence-corrected chi connectivity index (χ0v) is 14.6. The van der Waals surface area contributed by atoms with E-state index >= 15 is 0 Å². The van der Waals surface area contributed by atoms with E-state index in [1.54, 1.807) is 6.07 Å². The van der Waals surface area contributed by atoms with E-state index in [9.17, 15) is 9.59 Å². The van der Waals surface area contributed by atoms with Crippen molar-refractivity contribution in [2.75, 3.05) is 24.3 Å². The average Bonchev–Trinajstić information content (AvgIpc) is 2.60. The van der Waals surface area contributed by atoms with Crippen LogP contribution in [0.3, 0.4) is 0 Å². The molecule has 0 saturated carbocycles. The number of hydrogen-bond acceptors (Lipinski definition) is 4. The number of aliphatic carboxylic acids is 1. The van der Waals surface area contributed by atoms with Crippen molar-refractivity contribution >= 4 is 29.3 Å². The molecular formula is C19H21NO4S. The van der Waals surface area contributed by atoms with Crippen molar-refractivity contribution in [3.63, 3.8) is 0 Å². The van der Waals surface area contributed by atoms with Crippen molar-refractivity contribution < 1.29 is 19.4 Å². The lowest BCUT2D eigenvalue weighted by Gasteiger charge is -2.08. The maximum Gasteiger partial charge on any atom is 0.313 e. The van der Waals surface area contributed by atoms with Gasteiger partial charge in [-0.05, 0) is 29.7 Å². The van der Waals surface area contributed by atoms with Crippen LogP contribution < -0.4 is 5.32 Å². The summed E-state index contributed by atoms with van der Waals surface area (Å²) in [5.74, 6) is -0.388. The van der Waals surface area contributed by atoms with Crippen LogP contribution in [0.2, 0.25) is 0 Å². The van der Waals surface area contributed by atoms with Crippen molar-refractivity contribution in [1.82, 2.24) is 0 Å². The summed E-state index contributed by atoms with van der Waals surface area (Å²) >= 11 is 1.32. The molecule has 0 unspecified atom stereocenters. The zero-order valence-electron chi connectivity index (χ0n) is 13.8. The standard InChI is InChI=1S/C19H21NO4S/c21-18(12-24-10-9-15-5-2-1-3-6-15)20-17-8-4-7-16(11-17)13-25-14-19(22)23/h1-8,11H,9-10,12-14H2,(H,20,21)(H,22,23). The van der Waals surface area contributed by atoms with Crippen LogP contribution in [0.1, 0.15) is 11.1 Å². The molecule has 0 heterocycles. The van der Waals surface area contributed by atoms with E-state index < -0.39 is 5.97 Å². The van der Waals surface area contributed by atoms with Gasteiger partial charge in [-0.25, -0.2) is 0 Å². The van der Waals surface area contributed by atoms with Crippen molar-refractivity contribution in [3.05, 3.63) is 65.7 Å². The molecule has 0 aromatic heterocycles. The number of amides is 1. The first-order chi connectivity index (χ1) is 12.1. The fourth-order valence-corrected chi connectivity index (χ4v) is 2.88. The van der Waals surface area contributed by atoms with Gasteiger partial charge in [0.25, 0.3) is 0 Å². The Bertz CT molecular complexity index is 691. The maximum absolute atomic E-state index is 11.9. The first-order valence-electron chi connectivity index (χ1n) is 7.93. The molecule has 2 N–H and O–H groups in total. The Hall–Kier alpha value is -2.31. The van der Waals surface area contributed by atoms with Crippen LogP contribution in [-0.4, -0.2) is 35.9 Å². The third-order valence-electron chi connectivity index (χ3n) is 3.32. The minimum Gasteiger partial charge on any atom is -0.481 e. The van der Waals surface area contributed by atoms with Gasteiger partial charge in [-0.3, -0.25) is 9.59 Å². The molecule has 0 radical (unpaired) electrons. The van der Waals surface area contributed by atoms with Crippen LogP contribution in [0.5, 0.6) is 0 Å². The molecule has 0 spiro atoms. The molecule has 0 aliphatic heterocycles. The van der Waals surface area contributed by atoms with Crippen LogP contribution in [0.4, 0.5) is 5.69 Å². The predicted octanol–water partition coefficient (Wildman–Crippen LogP) is 3.20. The Morgan fingerprint density at radius 3 is 2.56 bits per heavy atom. The van der Waals surface area contributed by atoms with Gasteiger partial charge in [0.15, 0.2) is 0 Å². The van der Waals surface area contributed by atoms with Gasteiger partial charge in [0.2, 0.25) is 5.91 Å². The largest absolute Gasteiger partial charge is 0.481 e. The fourth-order valence-electron chi connectivity index (χ4n) is 2.19. The zero-order chi connectivity index (χ0) is 17.9. The third-order valence-corrected chi connectivity index (χ3v) is 4.30. The number of carboxylic acids is 1. The highest BCUT2D eigenvalue weighted by molar-refractivity contribution is 7.99. The van der Waals surface area contributed by atoms with Gasteiger partial charge < -0.3 is 15.2 Å². The van der Waals surface area contributed by atoms with Crippen molar-refractivity contribution in [3.8, 4) is 0 Å².